The Balaban J connectivity index is 1.54. The van der Waals surface area contributed by atoms with E-state index >= 15 is 0 Å². The van der Waals surface area contributed by atoms with Gasteiger partial charge in [-0.1, -0.05) is 19.8 Å². The molecule has 0 aromatic heterocycles. The minimum Gasteiger partial charge on any atom is -0.432 e. The lowest BCUT2D eigenvalue weighted by molar-refractivity contribution is -0.168. The van der Waals surface area contributed by atoms with Gasteiger partial charge in [-0.2, -0.15) is 8.78 Å². The summed E-state index contributed by atoms with van der Waals surface area (Å²) in [5.74, 6) is 0.181. The Hall–Kier alpha value is -1.26. The van der Waals surface area contributed by atoms with Gasteiger partial charge < -0.3 is 4.74 Å². The summed E-state index contributed by atoms with van der Waals surface area (Å²) in [4.78, 5) is 0. The Morgan fingerprint density at radius 1 is 0.920 bits per heavy atom. The zero-order chi connectivity index (χ0) is 18.0. The van der Waals surface area contributed by atoms with E-state index in [1.54, 1.807) is 5.92 Å². The average Bonchev–Trinajstić information content (AvgIpc) is 2.59. The molecule has 0 bridgehead atoms. The van der Waals surface area contributed by atoms with Gasteiger partial charge >= 0.3 is 6.11 Å². The van der Waals surface area contributed by atoms with E-state index in [2.05, 4.69) is 11.7 Å². The van der Waals surface area contributed by atoms with Crippen molar-refractivity contribution < 1.29 is 22.3 Å². The highest BCUT2D eigenvalue weighted by molar-refractivity contribution is 5.25. The zero-order valence-electron chi connectivity index (χ0n) is 14.5. The molecule has 3 rings (SSSR count). The molecule has 1 nitrogen and oxygen atoms in total. The van der Waals surface area contributed by atoms with Gasteiger partial charge in [-0.15, -0.1) is 0 Å². The third-order valence-electron chi connectivity index (χ3n) is 5.63. The molecule has 0 N–H and O–H groups in total. The van der Waals surface area contributed by atoms with E-state index in [1.807, 2.05) is 0 Å². The molecule has 1 aromatic rings. The molecule has 25 heavy (non-hydrogen) atoms. The van der Waals surface area contributed by atoms with Crippen LogP contribution in [0, 0.1) is 35.3 Å². The third-order valence-corrected chi connectivity index (χ3v) is 5.63. The number of rotatable bonds is 4. The molecule has 5 heteroatoms. The predicted octanol–water partition coefficient (Wildman–Crippen LogP) is 6.49. The second kappa shape index (κ2) is 7.55. The van der Waals surface area contributed by atoms with Crippen LogP contribution in [-0.2, 0) is 0 Å². The smallest absolute Gasteiger partial charge is 0.404 e. The molecule has 0 heterocycles. The van der Waals surface area contributed by atoms with Gasteiger partial charge in [0.1, 0.15) is 5.75 Å². The van der Waals surface area contributed by atoms with E-state index in [-0.39, 0.29) is 11.7 Å². The number of benzene rings is 1. The first-order valence-corrected chi connectivity index (χ1v) is 9.07. The largest absolute Gasteiger partial charge is 0.432 e. The maximum Gasteiger partial charge on any atom is 0.404 e. The molecule has 2 aliphatic carbocycles. The first-order chi connectivity index (χ1) is 11.8. The van der Waals surface area contributed by atoms with Crippen LogP contribution in [0.1, 0.15) is 58.3 Å². The SMILES string of the molecule is CC1CC[C](C2CC[C](C(F)(F)Oc3ccc(F)c(F)c3)CC2)CC1. The van der Waals surface area contributed by atoms with Gasteiger partial charge in [0.15, 0.2) is 11.6 Å². The number of hydrogen-bond acceptors (Lipinski definition) is 1. The van der Waals surface area contributed by atoms with Crippen LogP contribution in [0.5, 0.6) is 5.75 Å². The Labute approximate surface area is 146 Å². The van der Waals surface area contributed by atoms with E-state index < -0.39 is 17.7 Å². The van der Waals surface area contributed by atoms with Crippen LogP contribution in [0.15, 0.2) is 18.2 Å². The summed E-state index contributed by atoms with van der Waals surface area (Å²) in [7, 11) is 0. The quantitative estimate of drug-likeness (QED) is 0.561. The maximum absolute atomic E-state index is 14.4. The van der Waals surface area contributed by atoms with Gasteiger partial charge in [0.05, 0.1) is 5.92 Å². The van der Waals surface area contributed by atoms with E-state index in [1.165, 1.54) is 12.8 Å². The predicted molar refractivity (Wildman–Crippen MR) is 88.0 cm³/mol. The van der Waals surface area contributed by atoms with Crippen LogP contribution >= 0.6 is 0 Å². The first-order valence-electron chi connectivity index (χ1n) is 9.07. The van der Waals surface area contributed by atoms with Crippen molar-refractivity contribution in [2.75, 3.05) is 0 Å². The van der Waals surface area contributed by atoms with Crippen LogP contribution in [0.2, 0.25) is 0 Å². The molecule has 2 radical (unpaired) electrons. The van der Waals surface area contributed by atoms with E-state index in [0.717, 1.165) is 43.7 Å². The highest BCUT2D eigenvalue weighted by Crippen LogP contribution is 2.47. The van der Waals surface area contributed by atoms with Gasteiger partial charge in [0.25, 0.3) is 0 Å². The van der Waals surface area contributed by atoms with Crippen LogP contribution in [0.3, 0.4) is 0 Å². The van der Waals surface area contributed by atoms with Gasteiger partial charge in [-0.25, -0.2) is 8.78 Å². The standard InChI is InChI=1S/C20H24F4O/c1-13-2-4-14(5-3-13)15-6-8-16(9-7-15)20(23,24)25-17-10-11-18(21)19(22)12-17/h10-13,15H,2-9H2,1H3. The lowest BCUT2D eigenvalue weighted by Crippen LogP contribution is -2.36. The second-order valence-electron chi connectivity index (χ2n) is 7.41. The third kappa shape index (κ3) is 4.48. The lowest BCUT2D eigenvalue weighted by Gasteiger charge is -2.38. The summed E-state index contributed by atoms with van der Waals surface area (Å²) in [6.07, 6.45) is 3.33. The summed E-state index contributed by atoms with van der Waals surface area (Å²) < 4.78 is 59.5. The van der Waals surface area contributed by atoms with E-state index in [9.17, 15) is 17.6 Å². The molecule has 0 unspecified atom stereocenters. The Morgan fingerprint density at radius 3 is 2.16 bits per heavy atom. The van der Waals surface area contributed by atoms with E-state index in [0.29, 0.717) is 24.8 Å². The van der Waals surface area contributed by atoms with Crippen molar-refractivity contribution >= 4 is 0 Å². The second-order valence-corrected chi connectivity index (χ2v) is 7.41. The average molecular weight is 356 g/mol. The van der Waals surface area contributed by atoms with Gasteiger partial charge in [-0.3, -0.25) is 0 Å². The topological polar surface area (TPSA) is 9.23 Å². The summed E-state index contributed by atoms with van der Waals surface area (Å²) in [5.41, 5.74) is 0. The summed E-state index contributed by atoms with van der Waals surface area (Å²) in [6, 6.07) is 2.48. The monoisotopic (exact) mass is 356 g/mol. The van der Waals surface area contributed by atoms with Crippen molar-refractivity contribution in [3.8, 4) is 5.75 Å². The fourth-order valence-corrected chi connectivity index (χ4v) is 3.97. The molecule has 2 aliphatic rings. The number of halogens is 4. The normalized spacial score (nSPS) is 22.3. The number of hydrogen-bond donors (Lipinski definition) is 0. The zero-order valence-corrected chi connectivity index (χ0v) is 14.5. The highest BCUT2D eigenvalue weighted by Gasteiger charge is 2.45. The lowest BCUT2D eigenvalue weighted by atomic mass is 9.69. The van der Waals surface area contributed by atoms with Crippen molar-refractivity contribution in [3.05, 3.63) is 41.7 Å². The van der Waals surface area contributed by atoms with E-state index in [4.69, 9.17) is 0 Å². The molecule has 138 valence electrons. The molecule has 1 aromatic carbocycles. The molecular formula is C20H24F4O. The summed E-state index contributed by atoms with van der Waals surface area (Å²) in [5, 5.41) is 0. The molecule has 0 amide bonds. The Kier molecular flexibility index (Phi) is 5.59. The molecular weight excluding hydrogens is 332 g/mol. The van der Waals surface area contributed by atoms with Crippen molar-refractivity contribution in [1.82, 2.24) is 0 Å². The Bertz CT molecular complexity index is 573. The van der Waals surface area contributed by atoms with Crippen molar-refractivity contribution in [1.29, 1.82) is 0 Å². The van der Waals surface area contributed by atoms with Gasteiger partial charge in [-0.05, 0) is 68.4 Å². The fraction of sp³-hybridized carbons (Fsp3) is 0.600. The Morgan fingerprint density at radius 2 is 1.56 bits per heavy atom. The molecule has 0 saturated heterocycles. The van der Waals surface area contributed by atoms with Gasteiger partial charge in [0, 0.05) is 6.07 Å². The van der Waals surface area contributed by atoms with Crippen LogP contribution in [-0.4, -0.2) is 6.11 Å². The maximum atomic E-state index is 14.4. The first kappa shape index (κ1) is 18.5. The molecule has 2 fully saturated rings. The number of ether oxygens (including phenoxy) is 1. The molecule has 2 saturated carbocycles. The van der Waals surface area contributed by atoms with Crippen molar-refractivity contribution in [2.45, 2.75) is 64.4 Å². The minimum absolute atomic E-state index is 0.0539. The van der Waals surface area contributed by atoms with Crippen LogP contribution in [0.25, 0.3) is 0 Å². The van der Waals surface area contributed by atoms with Crippen molar-refractivity contribution in [2.24, 2.45) is 11.8 Å². The molecule has 0 spiro atoms. The minimum atomic E-state index is -3.44. The van der Waals surface area contributed by atoms with Crippen LogP contribution in [0.4, 0.5) is 17.6 Å². The van der Waals surface area contributed by atoms with Crippen LogP contribution < -0.4 is 4.74 Å². The fourth-order valence-electron chi connectivity index (χ4n) is 3.97. The van der Waals surface area contributed by atoms with Crippen molar-refractivity contribution in [3.63, 3.8) is 0 Å². The molecule has 0 aliphatic heterocycles. The molecule has 0 atom stereocenters. The van der Waals surface area contributed by atoms with Gasteiger partial charge in [0.2, 0.25) is 0 Å². The summed E-state index contributed by atoms with van der Waals surface area (Å²) >= 11 is 0. The summed E-state index contributed by atoms with van der Waals surface area (Å²) in [6.45, 7) is 2.26. The highest BCUT2D eigenvalue weighted by atomic mass is 19.3. The number of alkyl halides is 2.